The number of hydrogen-bond acceptors (Lipinski definition) is 4. The first-order chi connectivity index (χ1) is 9.45. The lowest BCUT2D eigenvalue weighted by Crippen LogP contribution is -2.52. The van der Waals surface area contributed by atoms with E-state index in [-0.39, 0.29) is 16.8 Å². The van der Waals surface area contributed by atoms with E-state index < -0.39 is 10.0 Å². The van der Waals surface area contributed by atoms with Crippen LogP contribution >= 0.6 is 0 Å². The number of carbonyl (C=O) groups excluding carboxylic acids is 1. The Morgan fingerprint density at radius 1 is 1.35 bits per heavy atom. The Morgan fingerprint density at radius 2 is 2.00 bits per heavy atom. The Kier molecular flexibility index (Phi) is 4.42. The lowest BCUT2D eigenvalue weighted by molar-refractivity contribution is 0.0655. The third kappa shape index (κ3) is 3.00. The molecule has 1 heterocycles. The van der Waals surface area contributed by atoms with Gasteiger partial charge in [0.25, 0.3) is 5.91 Å². The molecule has 0 aromatic heterocycles. The minimum absolute atomic E-state index is 0.0626. The summed E-state index contributed by atoms with van der Waals surface area (Å²) in [5.41, 5.74) is 0.508. The van der Waals surface area contributed by atoms with Crippen LogP contribution in [0.4, 0.5) is 0 Å². The molecular formula is C13H19N3O3S. The summed E-state index contributed by atoms with van der Waals surface area (Å²) in [5, 5.41) is 3.23. The molecule has 1 aliphatic heterocycles. The zero-order chi connectivity index (χ0) is 14.8. The molecule has 110 valence electrons. The van der Waals surface area contributed by atoms with Gasteiger partial charge in [-0.25, -0.2) is 13.1 Å². The summed E-state index contributed by atoms with van der Waals surface area (Å²) in [6.45, 7) is 4.21. The number of sulfonamides is 1. The van der Waals surface area contributed by atoms with E-state index in [9.17, 15) is 13.2 Å². The molecule has 0 aliphatic carbocycles. The number of hydrogen-bond donors (Lipinski definition) is 2. The fourth-order valence-electron chi connectivity index (χ4n) is 2.20. The second kappa shape index (κ2) is 5.90. The maximum Gasteiger partial charge on any atom is 0.254 e. The van der Waals surface area contributed by atoms with E-state index >= 15 is 0 Å². The lowest BCUT2D eigenvalue weighted by Gasteiger charge is -2.34. The normalized spacial score (nSPS) is 19.9. The number of amides is 1. The van der Waals surface area contributed by atoms with E-state index in [1.54, 1.807) is 17.0 Å². The molecule has 1 fully saturated rings. The van der Waals surface area contributed by atoms with E-state index in [4.69, 9.17) is 0 Å². The van der Waals surface area contributed by atoms with Crippen molar-refractivity contribution in [3.05, 3.63) is 29.8 Å². The molecule has 1 atom stereocenters. The van der Waals surface area contributed by atoms with Crippen molar-refractivity contribution in [1.29, 1.82) is 0 Å². The van der Waals surface area contributed by atoms with Gasteiger partial charge in [0.05, 0.1) is 4.90 Å². The van der Waals surface area contributed by atoms with Gasteiger partial charge in [0.2, 0.25) is 10.0 Å². The van der Waals surface area contributed by atoms with Crippen LogP contribution in [0.5, 0.6) is 0 Å². The number of carbonyl (C=O) groups is 1. The second-order valence-corrected chi connectivity index (χ2v) is 6.67. The Hall–Kier alpha value is -1.44. The lowest BCUT2D eigenvalue weighted by atomic mass is 10.1. The molecule has 2 rings (SSSR count). The van der Waals surface area contributed by atoms with Crippen LogP contribution < -0.4 is 10.0 Å². The molecule has 1 amide bonds. The molecule has 0 unspecified atom stereocenters. The molecule has 1 aromatic carbocycles. The number of piperazine rings is 1. The van der Waals surface area contributed by atoms with Crippen molar-refractivity contribution in [2.45, 2.75) is 17.9 Å². The SMILES string of the molecule is CNS(=O)(=O)c1ccc(C(=O)N2CCNC[C@H]2C)cc1. The van der Waals surface area contributed by atoms with Crippen molar-refractivity contribution in [3.63, 3.8) is 0 Å². The molecule has 0 saturated carbocycles. The van der Waals surface area contributed by atoms with Gasteiger partial charge < -0.3 is 10.2 Å². The molecule has 0 spiro atoms. The first kappa shape index (κ1) is 15.0. The fourth-order valence-corrected chi connectivity index (χ4v) is 2.93. The fraction of sp³-hybridized carbons (Fsp3) is 0.462. The molecule has 0 bridgehead atoms. The predicted molar refractivity (Wildman–Crippen MR) is 76.1 cm³/mol. The van der Waals surface area contributed by atoms with Gasteiger partial charge in [-0.15, -0.1) is 0 Å². The smallest absolute Gasteiger partial charge is 0.254 e. The maximum absolute atomic E-state index is 12.4. The third-order valence-electron chi connectivity index (χ3n) is 3.44. The van der Waals surface area contributed by atoms with Crippen molar-refractivity contribution in [3.8, 4) is 0 Å². The van der Waals surface area contributed by atoms with Gasteiger partial charge in [-0.2, -0.15) is 0 Å². The summed E-state index contributed by atoms with van der Waals surface area (Å²) in [5.74, 6) is -0.0626. The third-order valence-corrected chi connectivity index (χ3v) is 4.87. The van der Waals surface area contributed by atoms with Crippen LogP contribution in [0.3, 0.4) is 0 Å². The van der Waals surface area contributed by atoms with Crippen LogP contribution in [0.1, 0.15) is 17.3 Å². The zero-order valence-electron chi connectivity index (χ0n) is 11.6. The number of rotatable bonds is 3. The van der Waals surface area contributed by atoms with Crippen LogP contribution in [0.25, 0.3) is 0 Å². The molecular weight excluding hydrogens is 278 g/mol. The highest BCUT2D eigenvalue weighted by Crippen LogP contribution is 2.14. The molecule has 0 radical (unpaired) electrons. The first-order valence-corrected chi connectivity index (χ1v) is 7.99. The summed E-state index contributed by atoms with van der Waals surface area (Å²) in [6.07, 6.45) is 0. The average Bonchev–Trinajstić information content (AvgIpc) is 2.47. The van der Waals surface area contributed by atoms with Gasteiger partial charge in [0.15, 0.2) is 0 Å². The monoisotopic (exact) mass is 297 g/mol. The predicted octanol–water partition coefficient (Wildman–Crippen LogP) is 0.0286. The minimum Gasteiger partial charge on any atom is -0.333 e. The Balaban J connectivity index is 2.19. The van der Waals surface area contributed by atoms with Crippen molar-refractivity contribution in [2.24, 2.45) is 0 Å². The first-order valence-electron chi connectivity index (χ1n) is 6.51. The van der Waals surface area contributed by atoms with Gasteiger partial charge in [0.1, 0.15) is 0 Å². The minimum atomic E-state index is -3.46. The molecule has 20 heavy (non-hydrogen) atoms. The largest absolute Gasteiger partial charge is 0.333 e. The highest BCUT2D eigenvalue weighted by atomic mass is 32.2. The summed E-state index contributed by atoms with van der Waals surface area (Å²) in [7, 11) is -2.10. The summed E-state index contributed by atoms with van der Waals surface area (Å²) in [6, 6.07) is 6.15. The van der Waals surface area contributed by atoms with Crippen molar-refractivity contribution >= 4 is 15.9 Å². The quantitative estimate of drug-likeness (QED) is 0.825. The zero-order valence-corrected chi connectivity index (χ0v) is 12.4. The van der Waals surface area contributed by atoms with Crippen LogP contribution in [0.15, 0.2) is 29.2 Å². The van der Waals surface area contributed by atoms with Gasteiger partial charge in [-0.05, 0) is 38.2 Å². The number of nitrogens with one attached hydrogen (secondary N) is 2. The Labute approximate surface area is 119 Å². The average molecular weight is 297 g/mol. The highest BCUT2D eigenvalue weighted by molar-refractivity contribution is 7.89. The van der Waals surface area contributed by atoms with E-state index in [1.807, 2.05) is 6.92 Å². The van der Waals surface area contributed by atoms with Crippen LogP contribution in [-0.4, -0.2) is 51.9 Å². The molecule has 7 heteroatoms. The van der Waals surface area contributed by atoms with Gasteiger partial charge >= 0.3 is 0 Å². The molecule has 6 nitrogen and oxygen atoms in total. The van der Waals surface area contributed by atoms with E-state index in [0.717, 1.165) is 13.1 Å². The highest BCUT2D eigenvalue weighted by Gasteiger charge is 2.24. The molecule has 1 aromatic rings. The van der Waals surface area contributed by atoms with E-state index in [0.29, 0.717) is 12.1 Å². The van der Waals surface area contributed by atoms with Crippen LogP contribution in [-0.2, 0) is 10.0 Å². The molecule has 2 N–H and O–H groups in total. The number of nitrogens with zero attached hydrogens (tertiary/aromatic N) is 1. The van der Waals surface area contributed by atoms with Gasteiger partial charge in [0, 0.05) is 31.2 Å². The standard InChI is InChI=1S/C13H19N3O3S/c1-10-9-15-7-8-16(10)13(17)11-3-5-12(6-4-11)20(18,19)14-2/h3-6,10,14-15H,7-9H2,1-2H3/t10-/m1/s1. The topological polar surface area (TPSA) is 78.5 Å². The maximum atomic E-state index is 12.4. The molecule has 1 saturated heterocycles. The Bertz CT molecular complexity index is 583. The van der Waals surface area contributed by atoms with Crippen molar-refractivity contribution in [2.75, 3.05) is 26.7 Å². The Morgan fingerprint density at radius 3 is 2.55 bits per heavy atom. The molecule has 1 aliphatic rings. The summed E-state index contributed by atoms with van der Waals surface area (Å²) in [4.78, 5) is 14.3. The van der Waals surface area contributed by atoms with Crippen LogP contribution in [0.2, 0.25) is 0 Å². The van der Waals surface area contributed by atoms with Crippen LogP contribution in [0, 0.1) is 0 Å². The van der Waals surface area contributed by atoms with Crippen molar-refractivity contribution < 1.29 is 13.2 Å². The van der Waals surface area contributed by atoms with Gasteiger partial charge in [-0.1, -0.05) is 0 Å². The summed E-state index contributed by atoms with van der Waals surface area (Å²) < 4.78 is 25.5. The summed E-state index contributed by atoms with van der Waals surface area (Å²) >= 11 is 0. The van der Waals surface area contributed by atoms with E-state index in [2.05, 4.69) is 10.0 Å². The van der Waals surface area contributed by atoms with Crippen molar-refractivity contribution in [1.82, 2.24) is 14.9 Å². The second-order valence-electron chi connectivity index (χ2n) is 4.78. The number of benzene rings is 1. The van der Waals surface area contributed by atoms with Gasteiger partial charge in [-0.3, -0.25) is 4.79 Å². The van der Waals surface area contributed by atoms with E-state index in [1.165, 1.54) is 19.2 Å².